The minimum Gasteiger partial charge on any atom is -0.478 e. The van der Waals surface area contributed by atoms with Crippen LogP contribution in [0.25, 0.3) is 0 Å². The number of carbonyl (C=O) groups is 3. The molecule has 3 aliphatic rings. The van der Waals surface area contributed by atoms with Gasteiger partial charge in [-0.1, -0.05) is 6.07 Å². The molecule has 2 saturated carbocycles. The number of hydrogen-bond donors (Lipinski definition) is 2. The Morgan fingerprint density at radius 2 is 2.09 bits per heavy atom. The van der Waals surface area contributed by atoms with Crippen molar-refractivity contribution in [3.8, 4) is 0 Å². The molecular formula is C16H15NO5. The number of anilines is 1. The second-order valence-electron chi connectivity index (χ2n) is 6.30. The van der Waals surface area contributed by atoms with Crippen LogP contribution in [0.5, 0.6) is 0 Å². The molecule has 2 aliphatic carbocycles. The molecule has 2 N–H and O–H groups in total. The van der Waals surface area contributed by atoms with Crippen molar-refractivity contribution in [1.82, 2.24) is 0 Å². The first-order valence-corrected chi connectivity index (χ1v) is 7.39. The highest BCUT2D eigenvalue weighted by molar-refractivity contribution is 5.98. The summed E-state index contributed by atoms with van der Waals surface area (Å²) in [5, 5.41) is 11.7. The van der Waals surface area contributed by atoms with Gasteiger partial charge < -0.3 is 15.2 Å². The van der Waals surface area contributed by atoms with Crippen LogP contribution in [-0.2, 0) is 14.3 Å². The first kappa shape index (κ1) is 13.3. The van der Waals surface area contributed by atoms with Crippen LogP contribution < -0.4 is 5.32 Å². The fourth-order valence-electron chi connectivity index (χ4n) is 4.32. The second-order valence-corrected chi connectivity index (χ2v) is 6.30. The zero-order chi connectivity index (χ0) is 15.4. The zero-order valence-corrected chi connectivity index (χ0v) is 11.7. The lowest BCUT2D eigenvalue weighted by Gasteiger charge is -2.23. The van der Waals surface area contributed by atoms with Crippen LogP contribution in [-0.4, -0.2) is 29.1 Å². The van der Waals surface area contributed by atoms with Gasteiger partial charge in [-0.05, 0) is 37.0 Å². The van der Waals surface area contributed by atoms with Crippen molar-refractivity contribution in [1.29, 1.82) is 0 Å². The molecule has 0 radical (unpaired) electrons. The molecule has 114 valence electrons. The number of carboxylic acids is 1. The summed E-state index contributed by atoms with van der Waals surface area (Å²) >= 11 is 0. The molecule has 22 heavy (non-hydrogen) atoms. The number of carbonyl (C=O) groups excluding carboxylic acids is 2. The monoisotopic (exact) mass is 301 g/mol. The topological polar surface area (TPSA) is 92.7 Å². The minimum absolute atomic E-state index is 0.00175. The fraction of sp³-hybridized carbons (Fsp3) is 0.438. The summed E-state index contributed by atoms with van der Waals surface area (Å²) in [5.74, 6) is -1.83. The Labute approximate surface area is 126 Å². The number of benzene rings is 1. The quantitative estimate of drug-likeness (QED) is 0.826. The van der Waals surface area contributed by atoms with E-state index in [0.29, 0.717) is 5.69 Å². The van der Waals surface area contributed by atoms with E-state index in [1.807, 2.05) is 0 Å². The van der Waals surface area contributed by atoms with Crippen molar-refractivity contribution in [3.05, 3.63) is 29.8 Å². The van der Waals surface area contributed by atoms with E-state index in [2.05, 4.69) is 5.32 Å². The van der Waals surface area contributed by atoms with E-state index < -0.39 is 5.97 Å². The van der Waals surface area contributed by atoms with Crippen LogP contribution >= 0.6 is 0 Å². The van der Waals surface area contributed by atoms with Crippen LogP contribution in [0.1, 0.15) is 23.2 Å². The number of esters is 1. The molecule has 5 atom stereocenters. The molecule has 0 unspecified atom stereocenters. The van der Waals surface area contributed by atoms with Crippen molar-refractivity contribution in [3.63, 3.8) is 0 Å². The largest absolute Gasteiger partial charge is 0.478 e. The van der Waals surface area contributed by atoms with Gasteiger partial charge in [0.1, 0.15) is 6.10 Å². The number of amides is 1. The van der Waals surface area contributed by atoms with Crippen LogP contribution in [0.15, 0.2) is 24.3 Å². The van der Waals surface area contributed by atoms with Crippen LogP contribution in [0, 0.1) is 23.7 Å². The Hall–Kier alpha value is -2.37. The standard InChI is InChI=1S/C16H15NO5/c18-14(17-9-3-1-2-7(4-9)15(19)20)12-8-5-10-11(6-8)22-16(21)13(10)12/h1-4,8,10-13H,5-6H2,(H,17,18)(H,19,20)/t8-,10+,11+,12-,13+/m1/s1. The molecule has 1 aromatic rings. The number of nitrogens with one attached hydrogen (secondary N) is 1. The van der Waals surface area contributed by atoms with Crippen molar-refractivity contribution in [2.75, 3.05) is 5.32 Å². The fourth-order valence-corrected chi connectivity index (χ4v) is 4.32. The molecule has 1 saturated heterocycles. The number of aromatic carboxylic acids is 1. The third-order valence-electron chi connectivity index (χ3n) is 5.16. The van der Waals surface area contributed by atoms with E-state index in [0.717, 1.165) is 12.8 Å². The Kier molecular flexibility index (Phi) is 2.76. The molecule has 2 bridgehead atoms. The lowest BCUT2D eigenvalue weighted by Crippen LogP contribution is -2.35. The van der Waals surface area contributed by atoms with Gasteiger partial charge in [0.2, 0.25) is 5.91 Å². The van der Waals surface area contributed by atoms with Crippen LogP contribution in [0.3, 0.4) is 0 Å². The van der Waals surface area contributed by atoms with Gasteiger partial charge in [0.05, 0.1) is 17.4 Å². The minimum atomic E-state index is -1.04. The molecule has 1 aliphatic heterocycles. The highest BCUT2D eigenvalue weighted by atomic mass is 16.6. The second kappa shape index (κ2) is 4.56. The van der Waals surface area contributed by atoms with Crippen molar-refractivity contribution in [2.24, 2.45) is 23.7 Å². The van der Waals surface area contributed by atoms with E-state index >= 15 is 0 Å². The Bertz CT molecular complexity index is 683. The average Bonchev–Trinajstić information content (AvgIpc) is 3.08. The summed E-state index contributed by atoms with van der Waals surface area (Å²) in [5.41, 5.74) is 0.557. The highest BCUT2D eigenvalue weighted by Crippen LogP contribution is 2.57. The van der Waals surface area contributed by atoms with Crippen LogP contribution in [0.4, 0.5) is 5.69 Å². The average molecular weight is 301 g/mol. The molecule has 6 nitrogen and oxygen atoms in total. The third kappa shape index (κ3) is 1.83. The Morgan fingerprint density at radius 1 is 1.27 bits per heavy atom. The first-order valence-electron chi connectivity index (χ1n) is 7.39. The molecule has 6 heteroatoms. The summed E-state index contributed by atoms with van der Waals surface area (Å²) in [6.45, 7) is 0. The van der Waals surface area contributed by atoms with E-state index in [4.69, 9.17) is 9.84 Å². The van der Waals surface area contributed by atoms with Crippen LogP contribution in [0.2, 0.25) is 0 Å². The maximum atomic E-state index is 12.6. The summed E-state index contributed by atoms with van der Waals surface area (Å²) in [6, 6.07) is 6.12. The van der Waals surface area contributed by atoms with Gasteiger partial charge in [-0.2, -0.15) is 0 Å². The van der Waals surface area contributed by atoms with E-state index in [9.17, 15) is 14.4 Å². The van der Waals surface area contributed by atoms with Gasteiger partial charge in [-0.25, -0.2) is 4.79 Å². The lowest BCUT2D eigenvalue weighted by molar-refractivity contribution is -0.145. The molecule has 1 aromatic carbocycles. The van der Waals surface area contributed by atoms with Crippen molar-refractivity contribution in [2.45, 2.75) is 18.9 Å². The third-order valence-corrected chi connectivity index (χ3v) is 5.16. The normalized spacial score (nSPS) is 34.5. The van der Waals surface area contributed by atoms with Gasteiger partial charge in [0.15, 0.2) is 0 Å². The Morgan fingerprint density at radius 3 is 2.86 bits per heavy atom. The number of hydrogen-bond acceptors (Lipinski definition) is 4. The summed E-state index contributed by atoms with van der Waals surface area (Å²) < 4.78 is 5.32. The van der Waals surface area contributed by atoms with Gasteiger partial charge >= 0.3 is 11.9 Å². The molecular weight excluding hydrogens is 286 g/mol. The molecule has 1 amide bonds. The molecule has 0 spiro atoms. The van der Waals surface area contributed by atoms with E-state index in [1.54, 1.807) is 12.1 Å². The zero-order valence-electron chi connectivity index (χ0n) is 11.7. The van der Waals surface area contributed by atoms with Gasteiger partial charge in [-0.3, -0.25) is 9.59 Å². The molecule has 3 fully saturated rings. The predicted octanol–water partition coefficient (Wildman–Crippen LogP) is 1.52. The SMILES string of the molecule is O=C(O)c1cccc(NC(=O)[C@@H]2[C@@H]3C[C@@H]4[C@@H]2C(=O)O[C@H]4C3)c1. The first-order chi connectivity index (χ1) is 10.5. The lowest BCUT2D eigenvalue weighted by atomic mass is 9.79. The summed E-state index contributed by atoms with van der Waals surface area (Å²) in [7, 11) is 0. The van der Waals surface area contributed by atoms with Gasteiger partial charge in [0.25, 0.3) is 0 Å². The summed E-state index contributed by atoms with van der Waals surface area (Å²) in [4.78, 5) is 35.4. The predicted molar refractivity (Wildman–Crippen MR) is 75.1 cm³/mol. The smallest absolute Gasteiger partial charge is 0.335 e. The number of carboxylic acid groups (broad SMARTS) is 1. The maximum Gasteiger partial charge on any atom is 0.335 e. The summed E-state index contributed by atoms with van der Waals surface area (Å²) in [6.07, 6.45) is 1.64. The Balaban J connectivity index is 1.55. The number of rotatable bonds is 3. The van der Waals surface area contributed by atoms with Gasteiger partial charge in [0, 0.05) is 11.6 Å². The number of ether oxygens (including phenoxy) is 1. The van der Waals surface area contributed by atoms with Crippen molar-refractivity contribution < 1.29 is 24.2 Å². The van der Waals surface area contributed by atoms with E-state index in [-0.39, 0.29) is 47.2 Å². The highest BCUT2D eigenvalue weighted by Gasteiger charge is 2.63. The van der Waals surface area contributed by atoms with E-state index in [1.165, 1.54) is 12.1 Å². The molecule has 0 aromatic heterocycles. The maximum absolute atomic E-state index is 12.6. The van der Waals surface area contributed by atoms with Gasteiger partial charge in [-0.15, -0.1) is 0 Å². The molecule has 4 rings (SSSR count). The van der Waals surface area contributed by atoms with Crippen molar-refractivity contribution >= 4 is 23.5 Å². The number of fused-ring (bicyclic) bond motifs is 1. The molecule has 1 heterocycles.